The number of hydrogen-bond donors (Lipinski definition) is 2. The van der Waals surface area contributed by atoms with Crippen molar-refractivity contribution in [3.63, 3.8) is 0 Å². The van der Waals surface area contributed by atoms with Gasteiger partial charge >= 0.3 is 5.97 Å². The zero-order chi connectivity index (χ0) is 19.6. The molecule has 148 valence electrons. The van der Waals surface area contributed by atoms with Gasteiger partial charge in [0.05, 0.1) is 19.3 Å². The molecule has 0 radical (unpaired) electrons. The van der Waals surface area contributed by atoms with Crippen LogP contribution in [0.25, 0.3) is 0 Å². The number of alkyl halides is 1. The van der Waals surface area contributed by atoms with E-state index in [2.05, 4.69) is 12.1 Å². The summed E-state index contributed by atoms with van der Waals surface area (Å²) in [5.41, 5.74) is 3.25. The Morgan fingerprint density at radius 2 is 2.19 bits per heavy atom. The van der Waals surface area contributed by atoms with Gasteiger partial charge in [-0.2, -0.15) is 0 Å². The Labute approximate surface area is 166 Å². The van der Waals surface area contributed by atoms with Crippen LogP contribution < -0.4 is 0 Å². The number of aliphatic hydroxyl groups is 2. The summed E-state index contributed by atoms with van der Waals surface area (Å²) in [6, 6.07) is 6.15. The standard InChI is InChI=1S/C22H29ClO4/c1-3-4-13(7-10-20(26)27-2)21-17(23)12-19(25)22(21)15-5-8-16-14(11-15)6-9-18(16)24/h3-5,8,11,13,17-19,21-22,24-25H,6-7,9-10,12H2,1-2H3/b4-3-/t13?,17-,18?,19-,21+,22+/m1/s1. The van der Waals surface area contributed by atoms with Gasteiger partial charge in [-0.1, -0.05) is 30.4 Å². The zero-order valence-electron chi connectivity index (χ0n) is 16.0. The van der Waals surface area contributed by atoms with Crippen molar-refractivity contribution in [3.05, 3.63) is 47.0 Å². The molecule has 0 saturated heterocycles. The first-order valence-electron chi connectivity index (χ1n) is 9.78. The third-order valence-electron chi connectivity index (χ3n) is 6.16. The van der Waals surface area contributed by atoms with Crippen molar-refractivity contribution in [2.45, 2.75) is 62.5 Å². The van der Waals surface area contributed by atoms with Crippen molar-refractivity contribution in [1.82, 2.24) is 0 Å². The molecule has 2 aliphatic rings. The largest absolute Gasteiger partial charge is 0.469 e. The van der Waals surface area contributed by atoms with Crippen molar-refractivity contribution < 1.29 is 19.7 Å². The van der Waals surface area contributed by atoms with E-state index in [1.54, 1.807) is 0 Å². The number of aliphatic hydroxyl groups excluding tert-OH is 2. The first kappa shape index (κ1) is 20.4. The van der Waals surface area contributed by atoms with Crippen LogP contribution in [0, 0.1) is 11.8 Å². The number of carbonyl (C=O) groups excluding carboxylic acids is 1. The molecule has 0 amide bonds. The minimum Gasteiger partial charge on any atom is -0.469 e. The second-order valence-electron chi connectivity index (χ2n) is 7.74. The Hall–Kier alpha value is -1.36. The molecule has 1 aromatic rings. The van der Waals surface area contributed by atoms with Gasteiger partial charge in [0.25, 0.3) is 0 Å². The highest BCUT2D eigenvalue weighted by Gasteiger charge is 2.45. The minimum atomic E-state index is -0.507. The number of ether oxygens (including phenoxy) is 1. The van der Waals surface area contributed by atoms with Gasteiger partial charge in [0.2, 0.25) is 0 Å². The molecule has 1 saturated carbocycles. The molecule has 4 nitrogen and oxygen atoms in total. The first-order valence-corrected chi connectivity index (χ1v) is 10.2. The molecular weight excluding hydrogens is 364 g/mol. The summed E-state index contributed by atoms with van der Waals surface area (Å²) in [5, 5.41) is 20.7. The van der Waals surface area contributed by atoms with Crippen molar-refractivity contribution in [3.8, 4) is 0 Å². The molecule has 3 rings (SSSR count). The summed E-state index contributed by atoms with van der Waals surface area (Å²) in [4.78, 5) is 11.6. The Morgan fingerprint density at radius 1 is 1.41 bits per heavy atom. The summed E-state index contributed by atoms with van der Waals surface area (Å²) in [6.45, 7) is 1.96. The lowest BCUT2D eigenvalue weighted by molar-refractivity contribution is -0.140. The lowest BCUT2D eigenvalue weighted by atomic mass is 9.76. The van der Waals surface area contributed by atoms with Gasteiger partial charge in [-0.3, -0.25) is 4.79 Å². The number of benzene rings is 1. The second-order valence-corrected chi connectivity index (χ2v) is 8.30. The predicted octanol–water partition coefficient (Wildman–Crippen LogP) is 3.88. The van der Waals surface area contributed by atoms with E-state index in [4.69, 9.17) is 16.3 Å². The van der Waals surface area contributed by atoms with Gasteiger partial charge < -0.3 is 14.9 Å². The van der Waals surface area contributed by atoms with Gasteiger partial charge in [-0.05, 0) is 61.1 Å². The molecule has 5 heteroatoms. The van der Waals surface area contributed by atoms with E-state index in [-0.39, 0.29) is 35.2 Å². The average molecular weight is 393 g/mol. The highest BCUT2D eigenvalue weighted by Crippen LogP contribution is 2.49. The quantitative estimate of drug-likeness (QED) is 0.438. The summed E-state index contributed by atoms with van der Waals surface area (Å²) >= 11 is 6.69. The Kier molecular flexibility index (Phi) is 6.61. The van der Waals surface area contributed by atoms with E-state index in [9.17, 15) is 15.0 Å². The van der Waals surface area contributed by atoms with E-state index in [1.807, 2.05) is 25.1 Å². The van der Waals surface area contributed by atoms with E-state index in [0.29, 0.717) is 19.3 Å². The number of carbonyl (C=O) groups is 1. The topological polar surface area (TPSA) is 66.8 Å². The number of halogens is 1. The molecule has 2 aliphatic carbocycles. The van der Waals surface area contributed by atoms with Crippen LogP contribution in [0.2, 0.25) is 0 Å². The third-order valence-corrected chi connectivity index (χ3v) is 6.62. The molecule has 27 heavy (non-hydrogen) atoms. The van der Waals surface area contributed by atoms with Crippen molar-refractivity contribution in [1.29, 1.82) is 0 Å². The molecule has 0 spiro atoms. The van der Waals surface area contributed by atoms with Crippen LogP contribution in [0.5, 0.6) is 0 Å². The molecular formula is C22H29ClO4. The van der Waals surface area contributed by atoms with Crippen LogP contribution in [-0.4, -0.2) is 34.8 Å². The van der Waals surface area contributed by atoms with Crippen LogP contribution in [0.4, 0.5) is 0 Å². The lowest BCUT2D eigenvalue weighted by Gasteiger charge is -2.30. The van der Waals surface area contributed by atoms with Crippen molar-refractivity contribution in [2.75, 3.05) is 7.11 Å². The lowest BCUT2D eigenvalue weighted by Crippen LogP contribution is -2.26. The molecule has 0 bridgehead atoms. The van der Waals surface area contributed by atoms with Crippen LogP contribution in [0.15, 0.2) is 30.4 Å². The number of fused-ring (bicyclic) bond motifs is 1. The maximum atomic E-state index is 11.6. The summed E-state index contributed by atoms with van der Waals surface area (Å²) < 4.78 is 4.79. The maximum Gasteiger partial charge on any atom is 0.305 e. The second kappa shape index (κ2) is 8.76. The highest BCUT2D eigenvalue weighted by atomic mass is 35.5. The van der Waals surface area contributed by atoms with Crippen LogP contribution in [0.3, 0.4) is 0 Å². The smallest absolute Gasteiger partial charge is 0.305 e. The van der Waals surface area contributed by atoms with Crippen LogP contribution >= 0.6 is 11.6 Å². The molecule has 0 aliphatic heterocycles. The molecule has 2 unspecified atom stereocenters. The van der Waals surface area contributed by atoms with Gasteiger partial charge in [0.1, 0.15) is 0 Å². The molecule has 1 fully saturated rings. The van der Waals surface area contributed by atoms with E-state index < -0.39 is 6.10 Å². The van der Waals surface area contributed by atoms with Crippen molar-refractivity contribution >= 4 is 17.6 Å². The monoisotopic (exact) mass is 392 g/mol. The van der Waals surface area contributed by atoms with Gasteiger partial charge in [0.15, 0.2) is 0 Å². The fourth-order valence-electron chi connectivity index (χ4n) is 4.87. The predicted molar refractivity (Wildman–Crippen MR) is 106 cm³/mol. The maximum absolute atomic E-state index is 11.6. The molecule has 1 aromatic carbocycles. The van der Waals surface area contributed by atoms with Crippen LogP contribution in [0.1, 0.15) is 61.3 Å². The molecule has 0 aromatic heterocycles. The SMILES string of the molecule is C/C=C\C(CCC(=O)OC)[C@@H]1[C@@H](c2ccc3c(c2)CCC3O)[C@H](O)C[C@H]1Cl. The van der Waals surface area contributed by atoms with Gasteiger partial charge in [-0.15, -0.1) is 11.6 Å². The number of allylic oxidation sites excluding steroid dienone is 2. The number of rotatable bonds is 6. The van der Waals surface area contributed by atoms with E-state index in [0.717, 1.165) is 24.0 Å². The number of aryl methyl sites for hydroxylation is 1. The fourth-order valence-corrected chi connectivity index (χ4v) is 5.39. The molecule has 2 N–H and O–H groups in total. The zero-order valence-corrected chi connectivity index (χ0v) is 16.7. The van der Waals surface area contributed by atoms with Gasteiger partial charge in [0, 0.05) is 17.7 Å². The summed E-state index contributed by atoms with van der Waals surface area (Å²) in [6.07, 6.45) is 6.36. The first-order chi connectivity index (χ1) is 13.0. The van der Waals surface area contributed by atoms with E-state index in [1.165, 1.54) is 12.7 Å². The number of esters is 1. The number of methoxy groups -OCH3 is 1. The summed E-state index contributed by atoms with van der Waals surface area (Å²) in [5.74, 6) is -0.156. The van der Waals surface area contributed by atoms with Gasteiger partial charge in [-0.25, -0.2) is 0 Å². The van der Waals surface area contributed by atoms with Crippen LogP contribution in [-0.2, 0) is 16.0 Å². The number of hydrogen-bond acceptors (Lipinski definition) is 4. The molecule has 6 atom stereocenters. The normalized spacial score (nSPS) is 31.2. The fraction of sp³-hybridized carbons (Fsp3) is 0.591. The molecule has 0 heterocycles. The minimum absolute atomic E-state index is 0.0481. The van der Waals surface area contributed by atoms with Crippen molar-refractivity contribution in [2.24, 2.45) is 11.8 Å². The Balaban J connectivity index is 1.88. The third kappa shape index (κ3) is 4.23. The Bertz CT molecular complexity index is 702. The Morgan fingerprint density at radius 3 is 2.89 bits per heavy atom. The average Bonchev–Trinajstić information content (AvgIpc) is 3.17. The summed E-state index contributed by atoms with van der Waals surface area (Å²) in [7, 11) is 1.40. The highest BCUT2D eigenvalue weighted by molar-refractivity contribution is 6.21. The van der Waals surface area contributed by atoms with E-state index >= 15 is 0 Å².